The van der Waals surface area contributed by atoms with Crippen LogP contribution in [0.5, 0.6) is 17.6 Å². The topological polar surface area (TPSA) is 89.2 Å². The highest BCUT2D eigenvalue weighted by atomic mass is 16.5. The molecule has 0 fully saturated rings. The van der Waals surface area contributed by atoms with E-state index >= 15 is 0 Å². The molecular formula is C23H20N6O2. The molecule has 0 spiro atoms. The number of aryl methyl sites for hydroxylation is 1. The lowest BCUT2D eigenvalue weighted by Crippen LogP contribution is -2.16. The first-order valence-corrected chi connectivity index (χ1v) is 9.78. The molecule has 0 radical (unpaired) electrons. The molecule has 0 aliphatic rings. The van der Waals surface area contributed by atoms with Gasteiger partial charge in [0.1, 0.15) is 5.75 Å². The van der Waals surface area contributed by atoms with Gasteiger partial charge in [0.2, 0.25) is 5.88 Å². The molecule has 8 heteroatoms. The number of ether oxygens (including phenoxy) is 1. The number of rotatable bonds is 5. The van der Waals surface area contributed by atoms with E-state index in [1.54, 1.807) is 18.5 Å². The van der Waals surface area contributed by atoms with E-state index in [0.717, 1.165) is 23.1 Å². The summed E-state index contributed by atoms with van der Waals surface area (Å²) in [5, 5.41) is 16.1. The second-order valence-electron chi connectivity index (χ2n) is 7.30. The summed E-state index contributed by atoms with van der Waals surface area (Å²) in [7, 11) is 4.00. The average molecular weight is 412 g/mol. The van der Waals surface area contributed by atoms with Gasteiger partial charge in [-0.3, -0.25) is 9.67 Å². The van der Waals surface area contributed by atoms with Crippen LogP contribution < -0.4 is 9.64 Å². The molecule has 3 aromatic heterocycles. The van der Waals surface area contributed by atoms with Crippen molar-refractivity contribution >= 4 is 27.5 Å². The molecular weight excluding hydrogens is 392 g/mol. The van der Waals surface area contributed by atoms with Gasteiger partial charge in [-0.2, -0.15) is 15.1 Å². The monoisotopic (exact) mass is 412 g/mol. The van der Waals surface area contributed by atoms with Crippen molar-refractivity contribution in [2.75, 3.05) is 11.9 Å². The van der Waals surface area contributed by atoms with Gasteiger partial charge in [-0.15, -0.1) is 0 Å². The Morgan fingerprint density at radius 1 is 1.03 bits per heavy atom. The smallest absolute Gasteiger partial charge is 0.325 e. The van der Waals surface area contributed by atoms with Gasteiger partial charge in [-0.25, -0.2) is 0 Å². The predicted molar refractivity (Wildman–Crippen MR) is 118 cm³/mol. The standard InChI is InChI=1S/C23H20N6O2/c1-28(14-16-5-3-4-15-12-25-29(2)21(15)16)17-6-8-18(9-7-17)31-23-26-20-13-24-11-10-19(20)22(30)27-23/h3-13H,14H2,1-2H3,(H,26,27,30). The first-order valence-electron chi connectivity index (χ1n) is 9.78. The Morgan fingerprint density at radius 2 is 1.87 bits per heavy atom. The third-order valence-corrected chi connectivity index (χ3v) is 5.20. The minimum atomic E-state index is -0.136. The van der Waals surface area contributed by atoms with Crippen LogP contribution in [0.15, 0.2) is 67.1 Å². The number of aromatic hydroxyl groups is 1. The average Bonchev–Trinajstić information content (AvgIpc) is 3.16. The van der Waals surface area contributed by atoms with Crippen molar-refractivity contribution < 1.29 is 9.84 Å². The summed E-state index contributed by atoms with van der Waals surface area (Å²) in [6, 6.07) is 15.6. The normalized spacial score (nSPS) is 11.2. The van der Waals surface area contributed by atoms with E-state index in [-0.39, 0.29) is 11.9 Å². The van der Waals surface area contributed by atoms with Gasteiger partial charge in [-0.05, 0) is 35.9 Å². The number of hydrogen-bond acceptors (Lipinski definition) is 7. The Balaban J connectivity index is 1.34. The summed E-state index contributed by atoms with van der Waals surface area (Å²) >= 11 is 0. The molecule has 0 saturated carbocycles. The fourth-order valence-electron chi connectivity index (χ4n) is 3.65. The number of fused-ring (bicyclic) bond motifs is 2. The van der Waals surface area contributed by atoms with Crippen molar-refractivity contribution in [1.82, 2.24) is 24.7 Å². The molecule has 0 unspecified atom stereocenters. The Labute approximate surface area is 178 Å². The lowest BCUT2D eigenvalue weighted by molar-refractivity contribution is 0.412. The van der Waals surface area contributed by atoms with Crippen LogP contribution in [0.4, 0.5) is 5.69 Å². The first-order chi connectivity index (χ1) is 15.1. The highest BCUT2D eigenvalue weighted by Gasteiger charge is 2.11. The number of aromatic nitrogens is 5. The molecule has 31 heavy (non-hydrogen) atoms. The quantitative estimate of drug-likeness (QED) is 0.466. The molecule has 0 amide bonds. The number of anilines is 1. The zero-order valence-corrected chi connectivity index (χ0v) is 17.1. The van der Waals surface area contributed by atoms with E-state index in [4.69, 9.17) is 4.74 Å². The van der Waals surface area contributed by atoms with E-state index in [0.29, 0.717) is 16.7 Å². The molecule has 154 valence electrons. The maximum atomic E-state index is 10.1. The van der Waals surface area contributed by atoms with Crippen LogP contribution >= 0.6 is 0 Å². The van der Waals surface area contributed by atoms with Gasteiger partial charge >= 0.3 is 6.01 Å². The number of benzene rings is 2. The fraction of sp³-hybridized carbons (Fsp3) is 0.130. The van der Waals surface area contributed by atoms with Gasteiger partial charge in [0.05, 0.1) is 28.8 Å². The molecule has 5 aromatic rings. The molecule has 5 rings (SSSR count). The zero-order chi connectivity index (χ0) is 21.4. The van der Waals surface area contributed by atoms with E-state index in [1.807, 2.05) is 49.2 Å². The number of pyridine rings is 1. The van der Waals surface area contributed by atoms with Gasteiger partial charge in [0.25, 0.3) is 0 Å². The molecule has 0 saturated heterocycles. The van der Waals surface area contributed by atoms with Crippen molar-refractivity contribution in [1.29, 1.82) is 0 Å². The van der Waals surface area contributed by atoms with Crippen LogP contribution in [0.3, 0.4) is 0 Å². The summed E-state index contributed by atoms with van der Waals surface area (Å²) < 4.78 is 7.65. The zero-order valence-electron chi connectivity index (χ0n) is 17.1. The second kappa shape index (κ2) is 7.56. The van der Waals surface area contributed by atoms with Crippen molar-refractivity contribution in [3.63, 3.8) is 0 Å². The predicted octanol–water partition coefficient (Wildman–Crippen LogP) is 4.05. The summed E-state index contributed by atoms with van der Waals surface area (Å²) in [5.74, 6) is 0.441. The molecule has 3 heterocycles. The Bertz CT molecular complexity index is 1380. The third kappa shape index (κ3) is 3.59. The molecule has 0 bridgehead atoms. The minimum Gasteiger partial charge on any atom is -0.493 e. The van der Waals surface area contributed by atoms with Gasteiger partial charge < -0.3 is 14.7 Å². The van der Waals surface area contributed by atoms with E-state index < -0.39 is 0 Å². The van der Waals surface area contributed by atoms with Gasteiger partial charge in [0, 0.05) is 37.9 Å². The highest BCUT2D eigenvalue weighted by molar-refractivity contribution is 5.83. The van der Waals surface area contributed by atoms with Crippen LogP contribution in [0.2, 0.25) is 0 Å². The van der Waals surface area contributed by atoms with E-state index in [2.05, 4.69) is 43.1 Å². The lowest BCUT2D eigenvalue weighted by atomic mass is 10.1. The van der Waals surface area contributed by atoms with Crippen LogP contribution in [0, 0.1) is 0 Å². The third-order valence-electron chi connectivity index (χ3n) is 5.20. The summed E-state index contributed by atoms with van der Waals surface area (Å²) in [6.45, 7) is 0.742. The molecule has 8 nitrogen and oxygen atoms in total. The van der Waals surface area contributed by atoms with Crippen molar-refractivity contribution in [2.45, 2.75) is 6.54 Å². The fourth-order valence-corrected chi connectivity index (χ4v) is 3.65. The first kappa shape index (κ1) is 18.8. The Hall–Kier alpha value is -4.20. The van der Waals surface area contributed by atoms with E-state index in [9.17, 15) is 5.11 Å². The number of para-hydroxylation sites is 1. The second-order valence-corrected chi connectivity index (χ2v) is 7.30. The van der Waals surface area contributed by atoms with Crippen molar-refractivity contribution in [3.8, 4) is 17.6 Å². The molecule has 1 N–H and O–H groups in total. The van der Waals surface area contributed by atoms with Crippen LogP contribution in [-0.4, -0.2) is 36.9 Å². The van der Waals surface area contributed by atoms with Crippen LogP contribution in [0.1, 0.15) is 5.56 Å². The maximum absolute atomic E-state index is 10.1. The summed E-state index contributed by atoms with van der Waals surface area (Å²) in [5.41, 5.74) is 3.90. The minimum absolute atomic E-state index is 0.0713. The van der Waals surface area contributed by atoms with E-state index in [1.165, 1.54) is 5.56 Å². The van der Waals surface area contributed by atoms with Crippen molar-refractivity contribution in [3.05, 3.63) is 72.7 Å². The largest absolute Gasteiger partial charge is 0.493 e. The lowest BCUT2D eigenvalue weighted by Gasteiger charge is -2.20. The molecule has 0 aliphatic carbocycles. The summed E-state index contributed by atoms with van der Waals surface area (Å²) in [4.78, 5) is 14.5. The van der Waals surface area contributed by atoms with Gasteiger partial charge in [0.15, 0.2) is 0 Å². The molecule has 0 aliphatic heterocycles. The number of hydrogen-bond donors (Lipinski definition) is 1. The maximum Gasteiger partial charge on any atom is 0.325 e. The molecule has 2 aromatic carbocycles. The summed E-state index contributed by atoms with van der Waals surface area (Å²) in [6.07, 6.45) is 5.02. The molecule has 0 atom stereocenters. The van der Waals surface area contributed by atoms with Crippen LogP contribution in [0.25, 0.3) is 21.8 Å². The number of nitrogens with zero attached hydrogens (tertiary/aromatic N) is 6. The van der Waals surface area contributed by atoms with Crippen LogP contribution in [-0.2, 0) is 13.6 Å². The Morgan fingerprint density at radius 3 is 2.71 bits per heavy atom. The van der Waals surface area contributed by atoms with Crippen molar-refractivity contribution in [2.24, 2.45) is 7.05 Å². The Kier molecular flexibility index (Phi) is 4.59. The highest BCUT2D eigenvalue weighted by Crippen LogP contribution is 2.28. The van der Waals surface area contributed by atoms with Gasteiger partial charge in [-0.1, -0.05) is 18.2 Å². The SMILES string of the molecule is CN(Cc1cccc2cnn(C)c12)c1ccc(Oc2nc(O)c3ccncc3n2)cc1.